The second-order valence-corrected chi connectivity index (χ2v) is 5.88. The summed E-state index contributed by atoms with van der Waals surface area (Å²) >= 11 is 0. The van der Waals surface area contributed by atoms with Crippen molar-refractivity contribution < 1.29 is 0 Å². The standard InChI is InChI=1S/C16H29N5/c1-4-8-14-19-15(17-3)11-16(20-14)18-12-13(2)21-9-6-5-7-10-21/h11,13H,4-10,12H2,1-3H3,(H2,17,18,19,20). The molecule has 1 aromatic heterocycles. The highest BCUT2D eigenvalue weighted by Gasteiger charge is 2.16. The van der Waals surface area contributed by atoms with Crippen LogP contribution in [0.4, 0.5) is 11.6 Å². The molecule has 5 heteroatoms. The first-order valence-corrected chi connectivity index (χ1v) is 8.26. The van der Waals surface area contributed by atoms with Crippen LogP contribution in [0.5, 0.6) is 0 Å². The Labute approximate surface area is 128 Å². The Hall–Kier alpha value is -1.36. The summed E-state index contributed by atoms with van der Waals surface area (Å²) in [6.45, 7) is 7.85. The van der Waals surface area contributed by atoms with Gasteiger partial charge in [0.15, 0.2) is 0 Å². The fraction of sp³-hybridized carbons (Fsp3) is 0.750. The number of hydrogen-bond acceptors (Lipinski definition) is 5. The molecule has 5 nitrogen and oxygen atoms in total. The number of hydrogen-bond donors (Lipinski definition) is 2. The van der Waals surface area contributed by atoms with Crippen LogP contribution >= 0.6 is 0 Å². The molecule has 1 atom stereocenters. The maximum Gasteiger partial charge on any atom is 0.133 e. The smallest absolute Gasteiger partial charge is 0.133 e. The van der Waals surface area contributed by atoms with Gasteiger partial charge in [0.2, 0.25) is 0 Å². The lowest BCUT2D eigenvalue weighted by Gasteiger charge is -2.32. The van der Waals surface area contributed by atoms with Crippen LogP contribution in [0.25, 0.3) is 0 Å². The fourth-order valence-electron chi connectivity index (χ4n) is 2.79. The molecule has 1 fully saturated rings. The first-order valence-electron chi connectivity index (χ1n) is 8.26. The second kappa shape index (κ2) is 8.17. The van der Waals surface area contributed by atoms with Crippen LogP contribution in [0, 0.1) is 0 Å². The average molecular weight is 291 g/mol. The van der Waals surface area contributed by atoms with E-state index in [4.69, 9.17) is 0 Å². The van der Waals surface area contributed by atoms with Gasteiger partial charge in [-0.05, 0) is 39.3 Å². The van der Waals surface area contributed by atoms with Gasteiger partial charge in [-0.25, -0.2) is 9.97 Å². The summed E-state index contributed by atoms with van der Waals surface area (Å²) in [6.07, 6.45) is 6.04. The summed E-state index contributed by atoms with van der Waals surface area (Å²) in [4.78, 5) is 11.7. The molecule has 118 valence electrons. The molecule has 2 N–H and O–H groups in total. The first-order chi connectivity index (χ1) is 10.2. The lowest BCUT2D eigenvalue weighted by Crippen LogP contribution is -2.41. The van der Waals surface area contributed by atoms with Gasteiger partial charge in [-0.15, -0.1) is 0 Å². The molecule has 0 aromatic carbocycles. The molecule has 0 amide bonds. The first kappa shape index (κ1) is 16.0. The fourth-order valence-corrected chi connectivity index (χ4v) is 2.79. The van der Waals surface area contributed by atoms with E-state index in [2.05, 4.69) is 39.3 Å². The third kappa shape index (κ3) is 4.84. The van der Waals surface area contributed by atoms with E-state index >= 15 is 0 Å². The predicted molar refractivity (Wildman–Crippen MR) is 88.9 cm³/mol. The minimum Gasteiger partial charge on any atom is -0.373 e. The normalized spacial score (nSPS) is 17.5. The molecule has 1 unspecified atom stereocenters. The van der Waals surface area contributed by atoms with Gasteiger partial charge in [0.1, 0.15) is 17.5 Å². The van der Waals surface area contributed by atoms with Crippen molar-refractivity contribution in [2.75, 3.05) is 37.3 Å². The van der Waals surface area contributed by atoms with Crippen molar-refractivity contribution in [1.82, 2.24) is 14.9 Å². The van der Waals surface area contributed by atoms with Gasteiger partial charge in [-0.1, -0.05) is 13.3 Å². The minimum absolute atomic E-state index is 0.549. The van der Waals surface area contributed by atoms with Crippen LogP contribution in [0.15, 0.2) is 6.07 Å². The molecule has 1 aliphatic rings. The number of piperidine rings is 1. The maximum atomic E-state index is 4.61. The third-order valence-electron chi connectivity index (χ3n) is 4.09. The highest BCUT2D eigenvalue weighted by Crippen LogP contribution is 2.15. The minimum atomic E-state index is 0.549. The van der Waals surface area contributed by atoms with Crippen molar-refractivity contribution in [1.29, 1.82) is 0 Å². The zero-order valence-electron chi connectivity index (χ0n) is 13.7. The van der Waals surface area contributed by atoms with Crippen LogP contribution in [-0.4, -0.2) is 47.6 Å². The molecule has 2 heterocycles. The molecule has 0 saturated carbocycles. The molecule has 0 bridgehead atoms. The van der Waals surface area contributed by atoms with E-state index in [0.29, 0.717) is 6.04 Å². The molecule has 1 saturated heterocycles. The monoisotopic (exact) mass is 291 g/mol. The number of aryl methyl sites for hydroxylation is 1. The number of likely N-dealkylation sites (tertiary alicyclic amines) is 1. The Balaban J connectivity index is 1.93. The zero-order valence-corrected chi connectivity index (χ0v) is 13.7. The van der Waals surface area contributed by atoms with Gasteiger partial charge in [0.05, 0.1) is 0 Å². The summed E-state index contributed by atoms with van der Waals surface area (Å²) in [7, 11) is 1.90. The van der Waals surface area contributed by atoms with Crippen LogP contribution in [0.3, 0.4) is 0 Å². The van der Waals surface area contributed by atoms with Crippen molar-refractivity contribution in [3.05, 3.63) is 11.9 Å². The number of rotatable bonds is 7. The van der Waals surface area contributed by atoms with Gasteiger partial charge in [-0.2, -0.15) is 0 Å². The van der Waals surface area contributed by atoms with Crippen LogP contribution < -0.4 is 10.6 Å². The van der Waals surface area contributed by atoms with Crippen LogP contribution in [0.1, 0.15) is 45.4 Å². The number of nitrogens with one attached hydrogen (secondary N) is 2. The summed E-state index contributed by atoms with van der Waals surface area (Å²) < 4.78 is 0. The lowest BCUT2D eigenvalue weighted by molar-refractivity contribution is 0.180. The maximum absolute atomic E-state index is 4.61. The van der Waals surface area contributed by atoms with Crippen molar-refractivity contribution in [3.8, 4) is 0 Å². The topological polar surface area (TPSA) is 53.1 Å². The molecular weight excluding hydrogens is 262 g/mol. The summed E-state index contributed by atoms with van der Waals surface area (Å²) in [6, 6.07) is 2.54. The van der Waals surface area contributed by atoms with Crippen molar-refractivity contribution in [2.24, 2.45) is 0 Å². The predicted octanol–water partition coefficient (Wildman–Crippen LogP) is 2.76. The Morgan fingerprint density at radius 1 is 1.19 bits per heavy atom. The van der Waals surface area contributed by atoms with Gasteiger partial charge in [0.25, 0.3) is 0 Å². The molecule has 2 rings (SSSR count). The average Bonchev–Trinajstić information content (AvgIpc) is 2.53. The van der Waals surface area contributed by atoms with E-state index in [-0.39, 0.29) is 0 Å². The van der Waals surface area contributed by atoms with Crippen molar-refractivity contribution >= 4 is 11.6 Å². The molecular formula is C16H29N5. The summed E-state index contributed by atoms with van der Waals surface area (Å²) in [5, 5.41) is 6.60. The van der Waals surface area contributed by atoms with E-state index < -0.39 is 0 Å². The van der Waals surface area contributed by atoms with Gasteiger partial charge in [0, 0.05) is 32.1 Å². The van der Waals surface area contributed by atoms with E-state index in [1.165, 1.54) is 32.4 Å². The van der Waals surface area contributed by atoms with Gasteiger partial charge < -0.3 is 10.6 Å². The van der Waals surface area contributed by atoms with Gasteiger partial charge >= 0.3 is 0 Å². The van der Waals surface area contributed by atoms with Crippen molar-refractivity contribution in [3.63, 3.8) is 0 Å². The largest absolute Gasteiger partial charge is 0.373 e. The Bertz CT molecular complexity index is 429. The molecule has 21 heavy (non-hydrogen) atoms. The lowest BCUT2D eigenvalue weighted by atomic mass is 10.1. The highest BCUT2D eigenvalue weighted by molar-refractivity contribution is 5.47. The Morgan fingerprint density at radius 3 is 2.57 bits per heavy atom. The molecule has 1 aliphatic heterocycles. The molecule has 0 radical (unpaired) electrons. The van der Waals surface area contributed by atoms with Gasteiger partial charge in [-0.3, -0.25) is 4.90 Å². The number of aromatic nitrogens is 2. The van der Waals surface area contributed by atoms with E-state index in [0.717, 1.165) is 36.8 Å². The third-order valence-corrected chi connectivity index (χ3v) is 4.09. The molecule has 1 aromatic rings. The van der Waals surface area contributed by atoms with Crippen molar-refractivity contribution in [2.45, 2.75) is 52.0 Å². The SMILES string of the molecule is CCCc1nc(NC)cc(NCC(C)N2CCCCC2)n1. The number of anilines is 2. The summed E-state index contributed by atoms with van der Waals surface area (Å²) in [5.74, 6) is 2.74. The Morgan fingerprint density at radius 2 is 1.90 bits per heavy atom. The summed E-state index contributed by atoms with van der Waals surface area (Å²) in [5.41, 5.74) is 0. The van der Waals surface area contributed by atoms with E-state index in [9.17, 15) is 0 Å². The van der Waals surface area contributed by atoms with E-state index in [1.807, 2.05) is 13.1 Å². The van der Waals surface area contributed by atoms with Crippen LogP contribution in [-0.2, 0) is 6.42 Å². The van der Waals surface area contributed by atoms with E-state index in [1.54, 1.807) is 0 Å². The quantitative estimate of drug-likeness (QED) is 0.809. The van der Waals surface area contributed by atoms with Crippen LogP contribution in [0.2, 0.25) is 0 Å². The Kier molecular flexibility index (Phi) is 6.23. The second-order valence-electron chi connectivity index (χ2n) is 5.88. The molecule has 0 spiro atoms. The highest BCUT2D eigenvalue weighted by atomic mass is 15.2. The zero-order chi connectivity index (χ0) is 15.1. The number of nitrogens with zero attached hydrogens (tertiary/aromatic N) is 3. The molecule has 0 aliphatic carbocycles.